The first-order valence-corrected chi connectivity index (χ1v) is 8.25. The second-order valence-electron chi connectivity index (χ2n) is 4.97. The van der Waals surface area contributed by atoms with Crippen molar-refractivity contribution in [1.82, 2.24) is 0 Å². The van der Waals surface area contributed by atoms with E-state index in [0.29, 0.717) is 18.4 Å². The molecule has 0 amide bonds. The highest BCUT2D eigenvalue weighted by Crippen LogP contribution is 2.37. The van der Waals surface area contributed by atoms with Crippen LogP contribution in [0.15, 0.2) is 23.1 Å². The van der Waals surface area contributed by atoms with Crippen LogP contribution in [0.5, 0.6) is 0 Å². The van der Waals surface area contributed by atoms with Gasteiger partial charge in [-0.1, -0.05) is 17.7 Å². The van der Waals surface area contributed by atoms with Crippen molar-refractivity contribution in [3.63, 3.8) is 0 Å². The molecule has 20 heavy (non-hydrogen) atoms. The van der Waals surface area contributed by atoms with Gasteiger partial charge in [-0.3, -0.25) is 4.79 Å². The number of carboxylic acids is 1. The van der Waals surface area contributed by atoms with E-state index in [9.17, 15) is 13.2 Å². The van der Waals surface area contributed by atoms with Crippen molar-refractivity contribution >= 4 is 27.4 Å². The van der Waals surface area contributed by atoms with Gasteiger partial charge < -0.3 is 10.8 Å². The van der Waals surface area contributed by atoms with Crippen molar-refractivity contribution in [2.45, 2.75) is 41.9 Å². The number of carboxylic acid groups (broad SMARTS) is 1. The Kier molecular flexibility index (Phi) is 4.36. The lowest BCUT2D eigenvalue weighted by Gasteiger charge is -2.13. The summed E-state index contributed by atoms with van der Waals surface area (Å²) in [6, 6.07) is 4.12. The van der Waals surface area contributed by atoms with Crippen molar-refractivity contribution in [2.24, 2.45) is 5.73 Å². The maximum absolute atomic E-state index is 12.1. The number of benzene rings is 1. The largest absolute Gasteiger partial charge is 0.481 e. The van der Waals surface area contributed by atoms with Crippen molar-refractivity contribution in [2.75, 3.05) is 0 Å². The zero-order valence-electron chi connectivity index (χ0n) is 10.8. The van der Waals surface area contributed by atoms with Gasteiger partial charge in [0.1, 0.15) is 0 Å². The van der Waals surface area contributed by atoms with Crippen LogP contribution < -0.4 is 5.73 Å². The van der Waals surface area contributed by atoms with E-state index in [2.05, 4.69) is 0 Å². The lowest BCUT2D eigenvalue weighted by molar-refractivity contribution is -0.137. The van der Waals surface area contributed by atoms with Crippen LogP contribution in [0.2, 0.25) is 5.02 Å². The first-order chi connectivity index (χ1) is 9.32. The molecular weight excluding hydrogens is 302 g/mol. The standard InChI is InChI=1S/C13H16ClNO4S/c14-10-7-8(11(15)4-6-13(16)17)1-5-12(10)20(18,19)9-2-3-9/h1,5,7,9,11H,2-4,6,15H2,(H,16,17). The van der Waals surface area contributed by atoms with Crippen LogP contribution in [0.25, 0.3) is 0 Å². The zero-order valence-corrected chi connectivity index (χ0v) is 12.3. The molecule has 0 saturated heterocycles. The van der Waals surface area contributed by atoms with Crippen LogP contribution in [0.3, 0.4) is 0 Å². The van der Waals surface area contributed by atoms with Crippen molar-refractivity contribution < 1.29 is 18.3 Å². The Morgan fingerprint density at radius 3 is 2.60 bits per heavy atom. The van der Waals surface area contributed by atoms with Gasteiger partial charge in [0, 0.05) is 12.5 Å². The normalized spacial score (nSPS) is 16.9. The topological polar surface area (TPSA) is 97.5 Å². The molecule has 0 bridgehead atoms. The maximum atomic E-state index is 12.1. The summed E-state index contributed by atoms with van der Waals surface area (Å²) in [4.78, 5) is 10.6. The van der Waals surface area contributed by atoms with Crippen LogP contribution in [0.1, 0.15) is 37.3 Å². The zero-order chi connectivity index (χ0) is 14.9. The Hall–Kier alpha value is -1.11. The molecule has 0 radical (unpaired) electrons. The summed E-state index contributed by atoms with van der Waals surface area (Å²) in [7, 11) is -3.33. The summed E-state index contributed by atoms with van der Waals surface area (Å²) >= 11 is 6.04. The lowest BCUT2D eigenvalue weighted by Crippen LogP contribution is -2.13. The Bertz CT molecular complexity index is 625. The van der Waals surface area contributed by atoms with Gasteiger partial charge in [-0.2, -0.15) is 0 Å². The second-order valence-corrected chi connectivity index (χ2v) is 7.58. The number of sulfone groups is 1. The molecule has 1 aliphatic carbocycles. The summed E-state index contributed by atoms with van der Waals surface area (Å²) in [5.74, 6) is -0.917. The Morgan fingerprint density at radius 1 is 1.45 bits per heavy atom. The molecule has 7 heteroatoms. The molecule has 0 aromatic heterocycles. The number of hydrogen-bond acceptors (Lipinski definition) is 4. The van der Waals surface area contributed by atoms with E-state index >= 15 is 0 Å². The predicted octanol–water partition coefficient (Wildman–Crippen LogP) is 2.14. The van der Waals surface area contributed by atoms with Crippen molar-refractivity contribution in [3.8, 4) is 0 Å². The van der Waals surface area contributed by atoms with E-state index in [0.717, 1.165) is 0 Å². The molecular formula is C13H16ClNO4S. The molecule has 1 fully saturated rings. The fraction of sp³-hybridized carbons (Fsp3) is 0.462. The van der Waals surface area contributed by atoms with Gasteiger partial charge in [0.2, 0.25) is 0 Å². The Labute approximate surface area is 122 Å². The highest BCUT2D eigenvalue weighted by molar-refractivity contribution is 7.92. The molecule has 1 atom stereocenters. The fourth-order valence-electron chi connectivity index (χ4n) is 1.98. The van der Waals surface area contributed by atoms with Crippen molar-refractivity contribution in [3.05, 3.63) is 28.8 Å². The molecule has 1 aromatic rings. The lowest BCUT2D eigenvalue weighted by atomic mass is 10.0. The predicted molar refractivity (Wildman–Crippen MR) is 75.5 cm³/mol. The fourth-order valence-corrected chi connectivity index (χ4v) is 4.20. The average Bonchev–Trinajstić information content (AvgIpc) is 3.19. The van der Waals surface area contributed by atoms with E-state index in [-0.39, 0.29) is 28.0 Å². The number of hydrogen-bond donors (Lipinski definition) is 2. The maximum Gasteiger partial charge on any atom is 0.303 e. The molecule has 0 spiro atoms. The third-order valence-electron chi connectivity index (χ3n) is 3.32. The highest BCUT2D eigenvalue weighted by Gasteiger charge is 2.38. The molecule has 2 rings (SSSR count). The SMILES string of the molecule is NC(CCC(=O)O)c1ccc(S(=O)(=O)C2CC2)c(Cl)c1. The molecule has 0 aliphatic heterocycles. The Balaban J connectivity index is 2.19. The van der Waals surface area contributed by atoms with Gasteiger partial charge in [0.05, 0.1) is 15.2 Å². The quantitative estimate of drug-likeness (QED) is 0.837. The van der Waals surface area contributed by atoms with Gasteiger partial charge in [0.25, 0.3) is 0 Å². The highest BCUT2D eigenvalue weighted by atomic mass is 35.5. The van der Waals surface area contributed by atoms with E-state index < -0.39 is 21.8 Å². The molecule has 110 valence electrons. The van der Waals surface area contributed by atoms with Gasteiger partial charge in [-0.25, -0.2) is 8.42 Å². The number of halogens is 1. The average molecular weight is 318 g/mol. The molecule has 1 aromatic carbocycles. The smallest absolute Gasteiger partial charge is 0.303 e. The minimum absolute atomic E-state index is 0.0408. The molecule has 1 saturated carbocycles. The summed E-state index contributed by atoms with van der Waals surface area (Å²) in [5, 5.41) is 8.46. The second kappa shape index (κ2) is 5.71. The third kappa shape index (κ3) is 3.31. The van der Waals surface area contributed by atoms with Gasteiger partial charge >= 0.3 is 5.97 Å². The summed E-state index contributed by atoms with van der Waals surface area (Å²) < 4.78 is 24.2. The van der Waals surface area contributed by atoms with Crippen LogP contribution in [-0.2, 0) is 14.6 Å². The first-order valence-electron chi connectivity index (χ1n) is 6.33. The van der Waals surface area contributed by atoms with E-state index in [1.165, 1.54) is 12.1 Å². The van der Waals surface area contributed by atoms with E-state index in [1.807, 2.05) is 0 Å². The molecule has 0 heterocycles. The molecule has 5 nitrogen and oxygen atoms in total. The molecule has 3 N–H and O–H groups in total. The number of rotatable bonds is 6. The molecule has 1 aliphatic rings. The summed E-state index contributed by atoms with van der Waals surface area (Å²) in [6.45, 7) is 0. The van der Waals surface area contributed by atoms with Crippen LogP contribution in [-0.4, -0.2) is 24.7 Å². The summed E-state index contributed by atoms with van der Waals surface area (Å²) in [6.07, 6.45) is 1.60. The van der Waals surface area contributed by atoms with Gasteiger partial charge in [0.15, 0.2) is 9.84 Å². The van der Waals surface area contributed by atoms with Crippen LogP contribution in [0.4, 0.5) is 0 Å². The van der Waals surface area contributed by atoms with Crippen molar-refractivity contribution in [1.29, 1.82) is 0 Å². The third-order valence-corrected chi connectivity index (χ3v) is 6.07. The van der Waals surface area contributed by atoms with Gasteiger partial charge in [-0.15, -0.1) is 0 Å². The minimum Gasteiger partial charge on any atom is -0.481 e. The number of nitrogens with two attached hydrogens (primary N) is 1. The number of carbonyl (C=O) groups is 1. The van der Waals surface area contributed by atoms with E-state index in [4.69, 9.17) is 22.4 Å². The van der Waals surface area contributed by atoms with Crippen LogP contribution in [0, 0.1) is 0 Å². The number of aliphatic carboxylic acids is 1. The Morgan fingerprint density at radius 2 is 2.10 bits per heavy atom. The molecule has 1 unspecified atom stereocenters. The van der Waals surface area contributed by atoms with E-state index in [1.54, 1.807) is 6.07 Å². The first kappa shape index (κ1) is 15.3. The minimum atomic E-state index is -3.33. The summed E-state index contributed by atoms with van der Waals surface area (Å²) in [5.41, 5.74) is 6.52. The monoisotopic (exact) mass is 317 g/mol. The van der Waals surface area contributed by atoms with Crippen LogP contribution >= 0.6 is 11.6 Å². The van der Waals surface area contributed by atoms with Gasteiger partial charge in [-0.05, 0) is 37.0 Å².